The van der Waals surface area contributed by atoms with Crippen LogP contribution in [0.3, 0.4) is 0 Å². The Labute approximate surface area is 108 Å². The van der Waals surface area contributed by atoms with Crippen LogP contribution in [0.2, 0.25) is 0 Å². The SMILES string of the molecule is NNC(C1CCOC2(CCC2)C1)C1COCCO1. The van der Waals surface area contributed by atoms with E-state index in [1.165, 1.54) is 19.3 Å². The lowest BCUT2D eigenvalue weighted by atomic mass is 9.70. The van der Waals surface area contributed by atoms with Gasteiger partial charge in [-0.25, -0.2) is 0 Å². The topological polar surface area (TPSA) is 65.7 Å². The van der Waals surface area contributed by atoms with E-state index >= 15 is 0 Å². The summed E-state index contributed by atoms with van der Waals surface area (Å²) in [5.74, 6) is 6.29. The molecule has 3 unspecified atom stereocenters. The van der Waals surface area contributed by atoms with Crippen LogP contribution in [-0.4, -0.2) is 44.2 Å². The molecule has 2 heterocycles. The van der Waals surface area contributed by atoms with Crippen LogP contribution < -0.4 is 11.3 Å². The van der Waals surface area contributed by atoms with E-state index in [1.54, 1.807) is 0 Å². The van der Waals surface area contributed by atoms with Crippen LogP contribution in [0.1, 0.15) is 32.1 Å². The van der Waals surface area contributed by atoms with Crippen molar-refractivity contribution < 1.29 is 14.2 Å². The van der Waals surface area contributed by atoms with E-state index < -0.39 is 0 Å². The van der Waals surface area contributed by atoms with Crippen molar-refractivity contribution in [3.8, 4) is 0 Å². The van der Waals surface area contributed by atoms with Gasteiger partial charge in [0, 0.05) is 6.61 Å². The Morgan fingerprint density at radius 1 is 1.22 bits per heavy atom. The number of ether oxygens (including phenoxy) is 3. The lowest BCUT2D eigenvalue weighted by Gasteiger charge is -2.49. The fourth-order valence-electron chi connectivity index (χ4n) is 3.55. The molecule has 0 amide bonds. The summed E-state index contributed by atoms with van der Waals surface area (Å²) in [5.41, 5.74) is 3.13. The van der Waals surface area contributed by atoms with Crippen LogP contribution in [0.4, 0.5) is 0 Å². The largest absolute Gasteiger partial charge is 0.376 e. The number of hydrogen-bond donors (Lipinski definition) is 2. The normalized spacial score (nSPS) is 37.2. The van der Waals surface area contributed by atoms with Gasteiger partial charge in [0.25, 0.3) is 0 Å². The average Bonchev–Trinajstić information content (AvgIpc) is 2.39. The van der Waals surface area contributed by atoms with Crippen molar-refractivity contribution in [2.24, 2.45) is 11.8 Å². The summed E-state index contributed by atoms with van der Waals surface area (Å²) in [6.07, 6.45) is 5.99. The lowest BCUT2D eigenvalue weighted by molar-refractivity contribution is -0.163. The molecule has 0 radical (unpaired) electrons. The minimum absolute atomic E-state index is 0.0870. The van der Waals surface area contributed by atoms with Gasteiger partial charge in [0.2, 0.25) is 0 Å². The summed E-state index contributed by atoms with van der Waals surface area (Å²) in [5, 5.41) is 0. The van der Waals surface area contributed by atoms with Crippen LogP contribution in [0.5, 0.6) is 0 Å². The highest BCUT2D eigenvalue weighted by molar-refractivity contribution is 4.98. The molecule has 3 atom stereocenters. The second-order valence-electron chi connectivity index (χ2n) is 5.81. The third-order valence-electron chi connectivity index (χ3n) is 4.74. The molecular formula is C13H24N2O3. The van der Waals surface area contributed by atoms with Crippen LogP contribution in [0.25, 0.3) is 0 Å². The van der Waals surface area contributed by atoms with Crippen molar-refractivity contribution in [2.75, 3.05) is 26.4 Å². The first-order valence-electron chi connectivity index (χ1n) is 7.12. The maximum Gasteiger partial charge on any atom is 0.0978 e. The minimum atomic E-state index is 0.0870. The van der Waals surface area contributed by atoms with Gasteiger partial charge in [0.05, 0.1) is 37.6 Å². The first kappa shape index (κ1) is 12.8. The second kappa shape index (κ2) is 5.43. The highest BCUT2D eigenvalue weighted by Crippen LogP contribution is 2.45. The number of hydrogen-bond acceptors (Lipinski definition) is 5. The zero-order valence-electron chi connectivity index (χ0n) is 10.9. The van der Waals surface area contributed by atoms with Gasteiger partial charge in [-0.1, -0.05) is 0 Å². The molecule has 104 valence electrons. The molecule has 3 aliphatic rings. The Morgan fingerprint density at radius 3 is 2.72 bits per heavy atom. The zero-order chi connectivity index (χ0) is 12.4. The number of rotatable bonds is 3. The van der Waals surface area contributed by atoms with E-state index in [4.69, 9.17) is 20.1 Å². The quantitative estimate of drug-likeness (QED) is 0.571. The molecule has 2 saturated heterocycles. The maximum absolute atomic E-state index is 5.97. The Hall–Kier alpha value is -0.200. The summed E-state index contributed by atoms with van der Waals surface area (Å²) in [6, 6.07) is 0.187. The van der Waals surface area contributed by atoms with E-state index in [-0.39, 0.29) is 17.7 Å². The molecule has 1 saturated carbocycles. The van der Waals surface area contributed by atoms with Crippen LogP contribution in [0.15, 0.2) is 0 Å². The van der Waals surface area contributed by atoms with Gasteiger partial charge in [-0.15, -0.1) is 0 Å². The molecule has 0 aromatic heterocycles. The summed E-state index contributed by atoms with van der Waals surface area (Å²) in [4.78, 5) is 0. The molecule has 3 rings (SSSR count). The van der Waals surface area contributed by atoms with E-state index in [0.29, 0.717) is 25.7 Å². The van der Waals surface area contributed by atoms with Crippen LogP contribution in [-0.2, 0) is 14.2 Å². The standard InChI is InChI=1S/C13H24N2O3/c14-15-12(11-9-16-6-7-17-11)10-2-5-18-13(8-10)3-1-4-13/h10-12,15H,1-9,14H2. The summed E-state index contributed by atoms with van der Waals surface area (Å²) in [7, 11) is 0. The molecule has 3 N–H and O–H groups in total. The van der Waals surface area contributed by atoms with Gasteiger partial charge in [-0.2, -0.15) is 0 Å². The third-order valence-corrected chi connectivity index (χ3v) is 4.74. The minimum Gasteiger partial charge on any atom is -0.376 e. The van der Waals surface area contributed by atoms with Crippen LogP contribution in [0, 0.1) is 5.92 Å². The van der Waals surface area contributed by atoms with Crippen molar-refractivity contribution >= 4 is 0 Å². The molecule has 3 fully saturated rings. The smallest absolute Gasteiger partial charge is 0.0978 e. The highest BCUT2D eigenvalue weighted by Gasteiger charge is 2.45. The lowest BCUT2D eigenvalue weighted by Crippen LogP contribution is -2.57. The van der Waals surface area contributed by atoms with Gasteiger partial charge in [0.15, 0.2) is 0 Å². The third kappa shape index (κ3) is 2.42. The molecule has 0 bridgehead atoms. The van der Waals surface area contributed by atoms with Crippen molar-refractivity contribution in [2.45, 2.75) is 49.9 Å². The van der Waals surface area contributed by atoms with E-state index in [1.807, 2.05) is 0 Å². The Bertz CT molecular complexity index is 277. The second-order valence-corrected chi connectivity index (χ2v) is 5.81. The molecule has 5 heteroatoms. The monoisotopic (exact) mass is 256 g/mol. The van der Waals surface area contributed by atoms with Crippen LogP contribution >= 0.6 is 0 Å². The average molecular weight is 256 g/mol. The van der Waals surface area contributed by atoms with Gasteiger partial charge in [-0.05, 0) is 38.0 Å². The molecule has 5 nitrogen and oxygen atoms in total. The molecule has 2 aliphatic heterocycles. The van der Waals surface area contributed by atoms with Crippen molar-refractivity contribution in [1.82, 2.24) is 5.43 Å². The van der Waals surface area contributed by atoms with Crippen molar-refractivity contribution in [3.63, 3.8) is 0 Å². The first-order chi connectivity index (χ1) is 8.83. The first-order valence-corrected chi connectivity index (χ1v) is 7.12. The number of nitrogens with two attached hydrogens (primary N) is 1. The van der Waals surface area contributed by atoms with Gasteiger partial charge < -0.3 is 14.2 Å². The fraction of sp³-hybridized carbons (Fsp3) is 1.00. The summed E-state index contributed by atoms with van der Waals surface area (Å²) >= 11 is 0. The predicted octanol–water partition coefficient (Wildman–Crippen LogP) is 0.583. The summed E-state index contributed by atoms with van der Waals surface area (Å²) < 4.78 is 17.3. The van der Waals surface area contributed by atoms with Gasteiger partial charge in [0.1, 0.15) is 0 Å². The van der Waals surface area contributed by atoms with Gasteiger partial charge >= 0.3 is 0 Å². The summed E-state index contributed by atoms with van der Waals surface area (Å²) in [6.45, 7) is 2.89. The zero-order valence-corrected chi connectivity index (χ0v) is 10.9. The molecule has 0 aromatic carbocycles. The molecule has 1 spiro atoms. The number of hydrazine groups is 1. The van der Waals surface area contributed by atoms with E-state index in [0.717, 1.165) is 19.4 Å². The van der Waals surface area contributed by atoms with E-state index in [9.17, 15) is 0 Å². The number of nitrogens with one attached hydrogen (secondary N) is 1. The molecule has 18 heavy (non-hydrogen) atoms. The fourth-order valence-corrected chi connectivity index (χ4v) is 3.55. The molecular weight excluding hydrogens is 232 g/mol. The molecule has 0 aromatic rings. The predicted molar refractivity (Wildman–Crippen MR) is 66.9 cm³/mol. The van der Waals surface area contributed by atoms with Crippen molar-refractivity contribution in [1.29, 1.82) is 0 Å². The Balaban J connectivity index is 1.63. The Morgan fingerprint density at radius 2 is 2.11 bits per heavy atom. The van der Waals surface area contributed by atoms with Crippen molar-refractivity contribution in [3.05, 3.63) is 0 Å². The van der Waals surface area contributed by atoms with Gasteiger partial charge in [-0.3, -0.25) is 11.3 Å². The highest BCUT2D eigenvalue weighted by atomic mass is 16.6. The molecule has 1 aliphatic carbocycles. The maximum atomic E-state index is 5.97. The van der Waals surface area contributed by atoms with E-state index in [2.05, 4.69) is 5.43 Å². The Kier molecular flexibility index (Phi) is 3.86.